The van der Waals surface area contributed by atoms with Gasteiger partial charge in [-0.15, -0.1) is 12.4 Å². The van der Waals surface area contributed by atoms with Gasteiger partial charge in [-0.1, -0.05) is 6.07 Å². The highest BCUT2D eigenvalue weighted by molar-refractivity contribution is 6.00. The average molecular weight is 392 g/mol. The highest BCUT2D eigenvalue weighted by Crippen LogP contribution is 2.29. The third-order valence-electron chi connectivity index (χ3n) is 4.93. The summed E-state index contributed by atoms with van der Waals surface area (Å²) >= 11 is 0. The van der Waals surface area contributed by atoms with Crippen molar-refractivity contribution in [2.24, 2.45) is 0 Å². The number of carbonyl (C=O) groups is 2. The van der Waals surface area contributed by atoms with Crippen LogP contribution in [0.25, 0.3) is 0 Å². The Hall–Kier alpha value is -2.38. The van der Waals surface area contributed by atoms with Crippen LogP contribution in [0.2, 0.25) is 0 Å². The molecule has 2 amide bonds. The van der Waals surface area contributed by atoms with Gasteiger partial charge in [0.25, 0.3) is 11.8 Å². The van der Waals surface area contributed by atoms with Crippen molar-refractivity contribution in [3.05, 3.63) is 47.8 Å². The van der Waals surface area contributed by atoms with Gasteiger partial charge in [0.1, 0.15) is 5.54 Å². The summed E-state index contributed by atoms with van der Waals surface area (Å²) in [5.41, 5.74) is 1.37. The smallest absolute Gasteiger partial charge is 0.253 e. The molecule has 0 unspecified atom stereocenters. The van der Waals surface area contributed by atoms with E-state index in [0.717, 1.165) is 18.7 Å². The van der Waals surface area contributed by atoms with Crippen LogP contribution in [0.5, 0.6) is 0 Å². The Bertz CT molecular complexity index is 798. The molecule has 0 spiro atoms. The number of anilines is 1. The van der Waals surface area contributed by atoms with Crippen LogP contribution in [-0.4, -0.2) is 53.7 Å². The standard InChI is InChI=1S/C19H25N5O2.ClH/c1-14-5-6-15(13-16(14)17(25)23(2)3)22-18(26)19(7-10-20-11-8-19)24-12-4-9-21-24;/h4-6,9,12-13,20H,7-8,10-11H2,1-3H3,(H,22,26);1H. The molecule has 7 nitrogen and oxygen atoms in total. The number of aromatic nitrogens is 2. The van der Waals surface area contributed by atoms with E-state index in [1.54, 1.807) is 31.0 Å². The van der Waals surface area contributed by atoms with Gasteiger partial charge < -0.3 is 15.5 Å². The molecule has 1 fully saturated rings. The van der Waals surface area contributed by atoms with Crippen molar-refractivity contribution in [1.82, 2.24) is 20.0 Å². The zero-order valence-corrected chi connectivity index (χ0v) is 16.7. The summed E-state index contributed by atoms with van der Waals surface area (Å²) in [5.74, 6) is -0.183. The highest BCUT2D eigenvalue weighted by atomic mass is 35.5. The molecule has 0 aliphatic carbocycles. The van der Waals surface area contributed by atoms with Gasteiger partial charge in [-0.25, -0.2) is 0 Å². The molecule has 2 aromatic rings. The molecule has 0 saturated carbocycles. The fraction of sp³-hybridized carbons (Fsp3) is 0.421. The lowest BCUT2D eigenvalue weighted by molar-refractivity contribution is -0.126. The summed E-state index contributed by atoms with van der Waals surface area (Å²) in [6.45, 7) is 3.40. The number of rotatable bonds is 4. The molecule has 8 heteroatoms. The van der Waals surface area contributed by atoms with Crippen molar-refractivity contribution in [1.29, 1.82) is 0 Å². The number of amides is 2. The summed E-state index contributed by atoms with van der Waals surface area (Å²) < 4.78 is 1.75. The normalized spacial score (nSPS) is 15.5. The summed E-state index contributed by atoms with van der Waals surface area (Å²) in [7, 11) is 3.43. The molecule has 2 heterocycles. The average Bonchev–Trinajstić information content (AvgIpc) is 3.18. The second-order valence-electron chi connectivity index (χ2n) is 6.92. The first-order valence-corrected chi connectivity index (χ1v) is 8.79. The van der Waals surface area contributed by atoms with E-state index >= 15 is 0 Å². The quantitative estimate of drug-likeness (QED) is 0.835. The van der Waals surface area contributed by atoms with Gasteiger partial charge in [-0.2, -0.15) is 5.10 Å². The van der Waals surface area contributed by atoms with Gasteiger partial charge >= 0.3 is 0 Å². The summed E-state index contributed by atoms with van der Waals surface area (Å²) in [5, 5.41) is 10.6. The fourth-order valence-corrected chi connectivity index (χ4v) is 3.34. The maximum absolute atomic E-state index is 13.2. The van der Waals surface area contributed by atoms with E-state index in [9.17, 15) is 9.59 Å². The third-order valence-corrected chi connectivity index (χ3v) is 4.93. The molecule has 0 atom stereocenters. The number of piperidine rings is 1. The number of hydrogen-bond donors (Lipinski definition) is 2. The van der Waals surface area contributed by atoms with Gasteiger partial charge in [0.05, 0.1) is 0 Å². The van der Waals surface area contributed by atoms with Gasteiger partial charge in [0.15, 0.2) is 0 Å². The number of aryl methyl sites for hydroxylation is 1. The molecule has 2 N–H and O–H groups in total. The largest absolute Gasteiger partial charge is 0.345 e. The van der Waals surface area contributed by atoms with E-state index in [1.165, 1.54) is 4.90 Å². The molecule has 146 valence electrons. The number of nitrogens with one attached hydrogen (secondary N) is 2. The van der Waals surface area contributed by atoms with E-state index < -0.39 is 5.54 Å². The minimum absolute atomic E-state index is 0. The molecule has 1 saturated heterocycles. The number of benzene rings is 1. The molecule has 1 aliphatic heterocycles. The second-order valence-corrected chi connectivity index (χ2v) is 6.92. The maximum Gasteiger partial charge on any atom is 0.253 e. The molecule has 1 aromatic heterocycles. The van der Waals surface area contributed by atoms with E-state index in [4.69, 9.17) is 0 Å². The maximum atomic E-state index is 13.2. The minimum atomic E-state index is -0.717. The molecular weight excluding hydrogens is 366 g/mol. The Morgan fingerprint density at radius 3 is 2.56 bits per heavy atom. The Labute approximate surface area is 165 Å². The monoisotopic (exact) mass is 391 g/mol. The van der Waals surface area contributed by atoms with Crippen LogP contribution in [0.15, 0.2) is 36.7 Å². The zero-order valence-electron chi connectivity index (χ0n) is 15.9. The van der Waals surface area contributed by atoms with E-state index in [-0.39, 0.29) is 24.2 Å². The van der Waals surface area contributed by atoms with Gasteiger partial charge in [0.2, 0.25) is 0 Å². The van der Waals surface area contributed by atoms with E-state index in [2.05, 4.69) is 15.7 Å². The van der Waals surface area contributed by atoms with Gasteiger partial charge in [-0.05, 0) is 56.6 Å². The van der Waals surface area contributed by atoms with Crippen LogP contribution in [0.1, 0.15) is 28.8 Å². The molecule has 1 aliphatic rings. The van der Waals surface area contributed by atoms with Crippen LogP contribution in [0, 0.1) is 6.92 Å². The number of carbonyl (C=O) groups excluding carboxylic acids is 2. The Kier molecular flexibility index (Phi) is 6.62. The highest BCUT2D eigenvalue weighted by Gasteiger charge is 2.42. The molecule has 0 bridgehead atoms. The molecule has 3 rings (SSSR count). The predicted octanol–water partition coefficient (Wildman–Crippen LogP) is 2.03. The van der Waals surface area contributed by atoms with Gasteiger partial charge in [-0.3, -0.25) is 14.3 Å². The van der Waals surface area contributed by atoms with Crippen LogP contribution >= 0.6 is 12.4 Å². The minimum Gasteiger partial charge on any atom is -0.345 e. The summed E-state index contributed by atoms with van der Waals surface area (Å²) in [4.78, 5) is 27.1. The van der Waals surface area contributed by atoms with Crippen molar-refractivity contribution >= 4 is 29.9 Å². The van der Waals surface area contributed by atoms with Crippen molar-refractivity contribution in [3.63, 3.8) is 0 Å². The van der Waals surface area contributed by atoms with Crippen LogP contribution in [-0.2, 0) is 10.3 Å². The first-order valence-electron chi connectivity index (χ1n) is 8.79. The number of hydrogen-bond acceptors (Lipinski definition) is 4. The number of nitrogens with zero attached hydrogens (tertiary/aromatic N) is 3. The van der Waals surface area contributed by atoms with E-state index in [1.807, 2.05) is 31.3 Å². The lowest BCUT2D eigenvalue weighted by atomic mass is 9.87. The second kappa shape index (κ2) is 8.54. The van der Waals surface area contributed by atoms with Crippen molar-refractivity contribution in [2.45, 2.75) is 25.3 Å². The predicted molar refractivity (Wildman–Crippen MR) is 107 cm³/mol. The molecule has 27 heavy (non-hydrogen) atoms. The first-order chi connectivity index (χ1) is 12.4. The Balaban J connectivity index is 0.00000261. The van der Waals surface area contributed by atoms with Gasteiger partial charge in [0, 0.05) is 37.7 Å². The van der Waals surface area contributed by atoms with Crippen molar-refractivity contribution in [3.8, 4) is 0 Å². The molecular formula is C19H26ClN5O2. The first kappa shape index (κ1) is 20.9. The molecule has 1 aromatic carbocycles. The Morgan fingerprint density at radius 1 is 1.26 bits per heavy atom. The van der Waals surface area contributed by atoms with Crippen LogP contribution in [0.3, 0.4) is 0 Å². The SMILES string of the molecule is Cc1ccc(NC(=O)C2(n3cccn3)CCNCC2)cc1C(=O)N(C)C.Cl. The van der Waals surface area contributed by atoms with Crippen LogP contribution in [0.4, 0.5) is 5.69 Å². The Morgan fingerprint density at radius 2 is 1.96 bits per heavy atom. The van der Waals surface area contributed by atoms with Crippen LogP contribution < -0.4 is 10.6 Å². The lowest BCUT2D eigenvalue weighted by Crippen LogP contribution is -2.52. The van der Waals surface area contributed by atoms with Crippen molar-refractivity contribution < 1.29 is 9.59 Å². The molecule has 0 radical (unpaired) electrons. The van der Waals surface area contributed by atoms with E-state index in [0.29, 0.717) is 24.1 Å². The summed E-state index contributed by atoms with van der Waals surface area (Å²) in [6, 6.07) is 7.26. The fourth-order valence-electron chi connectivity index (χ4n) is 3.34. The third kappa shape index (κ3) is 4.14. The van der Waals surface area contributed by atoms with Crippen molar-refractivity contribution in [2.75, 3.05) is 32.5 Å². The summed E-state index contributed by atoms with van der Waals surface area (Å²) in [6.07, 6.45) is 4.85. The lowest BCUT2D eigenvalue weighted by Gasteiger charge is -2.36. The number of halogens is 1. The zero-order chi connectivity index (χ0) is 18.7. The topological polar surface area (TPSA) is 79.3 Å².